The topological polar surface area (TPSA) is 18.8 Å². The molecule has 1 aromatic carbocycles. The molecule has 0 aliphatic carbocycles. The Morgan fingerprint density at radius 2 is 1.80 bits per heavy atom. The second-order valence-electron chi connectivity index (χ2n) is 6.12. The number of alkyl halides is 3. The normalized spacial score (nSPS) is 18.4. The van der Waals surface area contributed by atoms with Crippen LogP contribution in [-0.4, -0.2) is 48.9 Å². The number of thiophene rings is 1. The van der Waals surface area contributed by atoms with Crippen LogP contribution in [0.3, 0.4) is 0 Å². The van der Waals surface area contributed by atoms with E-state index < -0.39 is 11.7 Å². The monoisotopic (exact) mass is 383 g/mol. The minimum absolute atomic E-state index is 0.400. The molecule has 4 rings (SSSR count). The van der Waals surface area contributed by atoms with Crippen LogP contribution in [0.15, 0.2) is 44.4 Å². The summed E-state index contributed by atoms with van der Waals surface area (Å²) < 4.78 is 39.3. The summed E-state index contributed by atoms with van der Waals surface area (Å²) in [6.45, 7) is 3.49. The van der Waals surface area contributed by atoms with Crippen molar-refractivity contribution < 1.29 is 13.2 Å². The van der Waals surface area contributed by atoms with Crippen molar-refractivity contribution in [3.63, 3.8) is 0 Å². The lowest BCUT2D eigenvalue weighted by molar-refractivity contribution is -0.137. The number of halogens is 3. The van der Waals surface area contributed by atoms with E-state index in [0.29, 0.717) is 5.69 Å². The Bertz CT molecular complexity index is 821. The van der Waals surface area contributed by atoms with Crippen LogP contribution in [0.2, 0.25) is 0 Å². The average Bonchev–Trinajstić information content (AvgIpc) is 2.96. The Kier molecular flexibility index (Phi) is 4.29. The van der Waals surface area contributed by atoms with E-state index in [1.54, 1.807) is 11.3 Å². The number of benzene rings is 1. The summed E-state index contributed by atoms with van der Waals surface area (Å²) >= 11 is 3.08. The summed E-state index contributed by atoms with van der Waals surface area (Å²) in [6.07, 6.45) is -4.36. The summed E-state index contributed by atoms with van der Waals surface area (Å²) in [5.74, 6) is 0.795. The summed E-state index contributed by atoms with van der Waals surface area (Å²) in [5.41, 5.74) is -0.254. The number of piperazine rings is 1. The predicted molar refractivity (Wildman–Crippen MR) is 95.2 cm³/mol. The first kappa shape index (κ1) is 16.9. The lowest BCUT2D eigenvalue weighted by Crippen LogP contribution is -2.47. The Hall–Kier alpha value is -1.51. The van der Waals surface area contributed by atoms with Gasteiger partial charge >= 0.3 is 6.18 Å². The van der Waals surface area contributed by atoms with Gasteiger partial charge in [-0.3, -0.25) is 0 Å². The van der Waals surface area contributed by atoms with Gasteiger partial charge in [-0.1, -0.05) is 11.8 Å². The van der Waals surface area contributed by atoms with Gasteiger partial charge in [0.1, 0.15) is 5.84 Å². The average molecular weight is 383 g/mol. The minimum Gasteiger partial charge on any atom is -0.353 e. The molecule has 2 aromatic rings. The number of hydrogen-bond donors (Lipinski definition) is 0. The van der Waals surface area contributed by atoms with Crippen molar-refractivity contribution in [2.45, 2.75) is 16.0 Å². The number of rotatable bonds is 0. The van der Waals surface area contributed by atoms with Gasteiger partial charge in [-0.2, -0.15) is 13.2 Å². The van der Waals surface area contributed by atoms with Crippen LogP contribution in [0.4, 0.5) is 18.9 Å². The first-order valence-electron chi connectivity index (χ1n) is 7.91. The van der Waals surface area contributed by atoms with Crippen LogP contribution >= 0.6 is 23.1 Å². The molecular weight excluding hydrogens is 367 g/mol. The van der Waals surface area contributed by atoms with E-state index in [2.05, 4.69) is 21.8 Å². The van der Waals surface area contributed by atoms with Crippen molar-refractivity contribution >= 4 is 34.6 Å². The van der Waals surface area contributed by atoms with E-state index in [4.69, 9.17) is 0 Å². The molecule has 8 heteroatoms. The van der Waals surface area contributed by atoms with E-state index in [1.807, 2.05) is 11.4 Å². The number of likely N-dealkylation sites (N-methyl/N-ethyl adjacent to an activating group) is 1. The highest BCUT2D eigenvalue weighted by Crippen LogP contribution is 2.44. The van der Waals surface area contributed by atoms with Crippen LogP contribution < -0.4 is 0 Å². The van der Waals surface area contributed by atoms with Gasteiger partial charge in [0.2, 0.25) is 0 Å². The van der Waals surface area contributed by atoms with Gasteiger partial charge in [-0.25, -0.2) is 4.99 Å². The summed E-state index contributed by atoms with van der Waals surface area (Å²) in [5, 5.41) is 2.01. The predicted octanol–water partition coefficient (Wildman–Crippen LogP) is 4.56. The van der Waals surface area contributed by atoms with Gasteiger partial charge in [0.15, 0.2) is 0 Å². The van der Waals surface area contributed by atoms with Crippen LogP contribution in [-0.2, 0) is 6.18 Å². The molecule has 0 bridgehead atoms. The highest BCUT2D eigenvalue weighted by molar-refractivity contribution is 7.99. The quantitative estimate of drug-likeness (QED) is 0.665. The lowest BCUT2D eigenvalue weighted by Gasteiger charge is -2.34. The molecule has 1 fully saturated rings. The number of nitrogens with zero attached hydrogens (tertiary/aromatic N) is 3. The van der Waals surface area contributed by atoms with E-state index in [0.717, 1.165) is 58.8 Å². The van der Waals surface area contributed by atoms with Crippen LogP contribution in [0, 0.1) is 0 Å². The van der Waals surface area contributed by atoms with Crippen molar-refractivity contribution in [1.29, 1.82) is 0 Å². The third-order valence-corrected chi connectivity index (χ3v) is 6.53. The van der Waals surface area contributed by atoms with Gasteiger partial charge in [0.25, 0.3) is 0 Å². The maximum Gasteiger partial charge on any atom is 0.416 e. The zero-order chi connectivity index (χ0) is 17.6. The first-order valence-corrected chi connectivity index (χ1v) is 9.60. The number of amidine groups is 1. The molecule has 0 spiro atoms. The summed E-state index contributed by atoms with van der Waals surface area (Å²) in [6, 6.07) is 5.84. The standard InChI is InChI=1S/C17H16F3N3S2/c1-22-5-7-23(8-6-22)16-15-14(4-9-24-15)25-13-3-2-11(17(18,19)20)10-12(13)21-16/h2-4,9-10H,5-8H2,1H3. The van der Waals surface area contributed by atoms with Crippen LogP contribution in [0.5, 0.6) is 0 Å². The molecular formula is C17H16F3N3S2. The van der Waals surface area contributed by atoms with Gasteiger partial charge in [0.05, 0.1) is 16.1 Å². The van der Waals surface area contributed by atoms with Crippen molar-refractivity contribution in [1.82, 2.24) is 9.80 Å². The smallest absolute Gasteiger partial charge is 0.353 e. The van der Waals surface area contributed by atoms with Gasteiger partial charge in [-0.15, -0.1) is 11.3 Å². The van der Waals surface area contributed by atoms with Crippen molar-refractivity contribution in [3.8, 4) is 0 Å². The maximum atomic E-state index is 13.1. The third kappa shape index (κ3) is 3.30. The van der Waals surface area contributed by atoms with Gasteiger partial charge < -0.3 is 9.80 Å². The molecule has 25 heavy (non-hydrogen) atoms. The molecule has 132 valence electrons. The highest BCUT2D eigenvalue weighted by Gasteiger charge is 2.32. The summed E-state index contributed by atoms with van der Waals surface area (Å²) in [4.78, 5) is 12.0. The van der Waals surface area contributed by atoms with E-state index in [9.17, 15) is 13.2 Å². The Labute approximate surface area is 152 Å². The number of hydrogen-bond acceptors (Lipinski definition) is 5. The molecule has 3 heterocycles. The molecule has 1 saturated heterocycles. The fourth-order valence-electron chi connectivity index (χ4n) is 2.92. The zero-order valence-corrected chi connectivity index (χ0v) is 15.1. The molecule has 1 aromatic heterocycles. The second kappa shape index (κ2) is 6.34. The molecule has 2 aliphatic heterocycles. The molecule has 0 unspecified atom stereocenters. The van der Waals surface area contributed by atoms with Gasteiger partial charge in [0, 0.05) is 36.0 Å². The second-order valence-corrected chi connectivity index (χ2v) is 8.12. The molecule has 3 nitrogen and oxygen atoms in total. The highest BCUT2D eigenvalue weighted by atomic mass is 32.2. The molecule has 0 N–H and O–H groups in total. The fourth-order valence-corrected chi connectivity index (χ4v) is 4.99. The van der Waals surface area contributed by atoms with Crippen LogP contribution in [0.25, 0.3) is 0 Å². The van der Waals surface area contributed by atoms with Crippen LogP contribution in [0.1, 0.15) is 10.4 Å². The molecule has 0 amide bonds. The summed E-state index contributed by atoms with van der Waals surface area (Å²) in [7, 11) is 2.07. The maximum absolute atomic E-state index is 13.1. The van der Waals surface area contributed by atoms with Gasteiger partial charge in [-0.05, 0) is 36.7 Å². The Morgan fingerprint density at radius 3 is 2.52 bits per heavy atom. The Balaban J connectivity index is 1.80. The van der Waals surface area contributed by atoms with E-state index in [-0.39, 0.29) is 0 Å². The molecule has 0 atom stereocenters. The van der Waals surface area contributed by atoms with E-state index >= 15 is 0 Å². The third-order valence-electron chi connectivity index (χ3n) is 4.37. The SMILES string of the molecule is CN1CCN(C2=Nc3cc(C(F)(F)F)ccc3Sc3ccsc32)CC1. The Morgan fingerprint density at radius 1 is 1.04 bits per heavy atom. The largest absolute Gasteiger partial charge is 0.416 e. The zero-order valence-electron chi connectivity index (χ0n) is 13.5. The molecule has 0 saturated carbocycles. The first-order chi connectivity index (χ1) is 11.9. The fraction of sp³-hybridized carbons (Fsp3) is 0.353. The number of fused-ring (bicyclic) bond motifs is 2. The van der Waals surface area contributed by atoms with E-state index in [1.165, 1.54) is 17.8 Å². The lowest BCUT2D eigenvalue weighted by atomic mass is 10.2. The van der Waals surface area contributed by atoms with Crippen molar-refractivity contribution in [2.24, 2.45) is 4.99 Å². The number of aliphatic imine (C=N–C) groups is 1. The minimum atomic E-state index is -4.36. The van der Waals surface area contributed by atoms with Crippen molar-refractivity contribution in [2.75, 3.05) is 33.2 Å². The molecule has 2 aliphatic rings. The van der Waals surface area contributed by atoms with Crippen molar-refractivity contribution in [3.05, 3.63) is 40.1 Å². The molecule has 0 radical (unpaired) electrons.